The lowest BCUT2D eigenvalue weighted by Crippen LogP contribution is -2.45. The molecular weight excluding hydrogens is 1340 g/mol. The number of anilines is 4. The first-order valence-electron chi connectivity index (χ1n) is 32.3. The third-order valence-corrected chi connectivity index (χ3v) is 15.7. The number of carbonyl (C=O) groups is 9. The van der Waals surface area contributed by atoms with Crippen LogP contribution in [0.25, 0.3) is 10.9 Å². The van der Waals surface area contributed by atoms with Crippen LogP contribution in [0, 0.1) is 21.6 Å². The van der Waals surface area contributed by atoms with Crippen LogP contribution >= 0.6 is 0 Å². The molecule has 5 atom stereocenters. The van der Waals surface area contributed by atoms with Crippen LogP contribution in [-0.2, 0) is 30.4 Å². The summed E-state index contributed by atoms with van der Waals surface area (Å²) in [4.78, 5) is 129. The highest BCUT2D eigenvalue weighted by molar-refractivity contribution is 6.08. The maximum atomic E-state index is 14.5. The van der Waals surface area contributed by atoms with Crippen molar-refractivity contribution in [3.8, 4) is 23.0 Å². The van der Waals surface area contributed by atoms with Gasteiger partial charge >= 0.3 is 5.97 Å². The maximum Gasteiger partial charge on any atom is 0.326 e. The molecule has 1 aromatic heterocycles. The molecule has 550 valence electrons. The average Bonchev–Trinajstić information content (AvgIpc) is 1.79. The third-order valence-electron chi connectivity index (χ3n) is 15.7. The number of fused-ring (bicyclic) bond motifs is 1. The number of methoxy groups -OCH3 is 4. The Morgan fingerprint density at radius 3 is 1.04 bits per heavy atom. The summed E-state index contributed by atoms with van der Waals surface area (Å²) in [6.45, 7) is 0.651. The molecule has 0 unspecified atom stereocenters. The second-order valence-electron chi connectivity index (χ2n) is 23.2. The van der Waals surface area contributed by atoms with E-state index in [0.717, 1.165) is 10.9 Å². The number of hydrogen-bond donors (Lipinski definition) is 23. The fraction of sp³-hybridized carbons (Fsp3) is 0.328. The molecule has 0 saturated carbocycles. The van der Waals surface area contributed by atoms with Gasteiger partial charge in [-0.25, -0.2) is 4.79 Å². The number of hydrogen-bond acceptors (Lipinski definition) is 18. The van der Waals surface area contributed by atoms with Crippen LogP contribution in [0.5, 0.6) is 23.0 Å². The highest BCUT2D eigenvalue weighted by Gasteiger charge is 2.30. The lowest BCUT2D eigenvalue weighted by molar-refractivity contribution is -0.139. The SMILES string of the molecule is COc1ccc(NC(=O)[C@@H](CCCNC(=N)N)NC(=O)c2cc(NC(=O)[C@@H](CCCNC(=N)N)NC(=O)c3cc(NC(=O)[C@@H](CCCNC(=N)N)NC(=O)c4cc(NC(=O)[C@H](N)CCCNC(=N)N)ccc4OC)ccc3OC)ccc2OC)cc1C(=O)N[C@H](Cc1c[nH]c2ccccc12)C(=O)O. The van der Waals surface area contributed by atoms with Crippen molar-refractivity contribution >= 4 is 111 Å². The van der Waals surface area contributed by atoms with Gasteiger partial charge in [0.1, 0.15) is 47.2 Å². The Morgan fingerprint density at radius 1 is 0.427 bits per heavy atom. The number of aliphatic carboxylic acids is 1. The largest absolute Gasteiger partial charge is 0.496 e. The monoisotopic (exact) mass is 1420 g/mol. The van der Waals surface area contributed by atoms with E-state index in [1.807, 2.05) is 18.2 Å². The van der Waals surface area contributed by atoms with E-state index in [9.17, 15) is 48.3 Å². The first kappa shape index (κ1) is 79.1. The summed E-state index contributed by atoms with van der Waals surface area (Å²) in [5.41, 5.74) is 29.2. The van der Waals surface area contributed by atoms with Crippen molar-refractivity contribution in [3.05, 3.63) is 131 Å². The van der Waals surface area contributed by atoms with Crippen molar-refractivity contribution in [1.82, 2.24) is 47.5 Å². The van der Waals surface area contributed by atoms with Gasteiger partial charge in [-0.3, -0.25) is 60.0 Å². The second kappa shape index (κ2) is 39.0. The second-order valence-corrected chi connectivity index (χ2v) is 23.2. The minimum Gasteiger partial charge on any atom is -0.496 e. The van der Waals surface area contributed by atoms with Gasteiger partial charge in [0.2, 0.25) is 23.6 Å². The number of nitrogens with one attached hydrogen (secondary N) is 17. The highest BCUT2D eigenvalue weighted by atomic mass is 16.5. The molecular formula is C67H88N22O14. The predicted octanol–water partition coefficient (Wildman–Crippen LogP) is 1.16. The van der Waals surface area contributed by atoms with E-state index in [4.69, 9.17) is 69.3 Å². The smallest absolute Gasteiger partial charge is 0.326 e. The van der Waals surface area contributed by atoms with Gasteiger partial charge in [0.15, 0.2) is 23.8 Å². The summed E-state index contributed by atoms with van der Waals surface area (Å²) >= 11 is 0. The number of H-pyrrole nitrogens is 1. The molecule has 8 amide bonds. The van der Waals surface area contributed by atoms with Crippen molar-refractivity contribution in [2.45, 2.75) is 88.0 Å². The maximum absolute atomic E-state index is 14.5. The number of rotatable bonds is 39. The quantitative estimate of drug-likeness (QED) is 0.0146. The summed E-state index contributed by atoms with van der Waals surface area (Å²) in [7, 11) is 5.20. The van der Waals surface area contributed by atoms with Crippen molar-refractivity contribution < 1.29 is 67.2 Å². The van der Waals surface area contributed by atoms with Gasteiger partial charge in [0.25, 0.3) is 23.6 Å². The Hall–Kier alpha value is -12.9. The van der Waals surface area contributed by atoms with E-state index in [2.05, 4.69) is 68.8 Å². The summed E-state index contributed by atoms with van der Waals surface area (Å²) in [5, 5.41) is 73.2. The van der Waals surface area contributed by atoms with Crippen LogP contribution in [0.15, 0.2) is 103 Å². The summed E-state index contributed by atoms with van der Waals surface area (Å²) < 4.78 is 22.0. The number of aromatic amines is 1. The molecule has 0 aliphatic carbocycles. The molecule has 0 bridgehead atoms. The molecule has 0 spiro atoms. The summed E-state index contributed by atoms with van der Waals surface area (Å²) in [5.74, 6) is -8.67. The van der Waals surface area contributed by atoms with Crippen molar-refractivity contribution in [2.24, 2.45) is 28.7 Å². The van der Waals surface area contributed by atoms with Crippen LogP contribution in [0.3, 0.4) is 0 Å². The third kappa shape index (κ3) is 24.2. The molecule has 36 nitrogen and oxygen atoms in total. The zero-order valence-corrected chi connectivity index (χ0v) is 57.0. The number of ether oxygens (including phenoxy) is 4. The van der Waals surface area contributed by atoms with Crippen LogP contribution in [0.1, 0.15) is 98.4 Å². The topological polar surface area (TPSA) is 596 Å². The molecule has 103 heavy (non-hydrogen) atoms. The van der Waals surface area contributed by atoms with E-state index >= 15 is 0 Å². The number of carboxylic acid groups (broad SMARTS) is 1. The molecule has 1 heterocycles. The Kier molecular flexibility index (Phi) is 30.0. The summed E-state index contributed by atoms with van der Waals surface area (Å²) in [6.07, 6.45) is 2.65. The lowest BCUT2D eigenvalue weighted by atomic mass is 10.0. The van der Waals surface area contributed by atoms with Crippen LogP contribution in [0.4, 0.5) is 22.7 Å². The Balaban J connectivity index is 1.20. The molecule has 0 aliphatic rings. The number of aromatic nitrogens is 1. The van der Waals surface area contributed by atoms with E-state index in [-0.39, 0.29) is 163 Å². The van der Waals surface area contributed by atoms with Gasteiger partial charge in [0, 0.05) is 72.4 Å². The minimum absolute atomic E-state index is 0.00375. The van der Waals surface area contributed by atoms with E-state index in [1.54, 1.807) is 12.3 Å². The predicted molar refractivity (Wildman–Crippen MR) is 386 cm³/mol. The zero-order chi connectivity index (χ0) is 75.3. The van der Waals surface area contributed by atoms with Gasteiger partial charge in [0.05, 0.1) is 56.7 Å². The number of carboxylic acids is 1. The first-order chi connectivity index (χ1) is 49.2. The van der Waals surface area contributed by atoms with Crippen LogP contribution in [0.2, 0.25) is 0 Å². The minimum atomic E-state index is -1.38. The number of amides is 8. The number of nitrogens with two attached hydrogens (primary N) is 5. The van der Waals surface area contributed by atoms with Crippen molar-refractivity contribution in [2.75, 3.05) is 75.9 Å². The van der Waals surface area contributed by atoms with Crippen LogP contribution < -0.4 is 111 Å². The van der Waals surface area contributed by atoms with Crippen molar-refractivity contribution in [3.63, 3.8) is 0 Å². The Labute approximate surface area is 591 Å². The fourth-order valence-corrected chi connectivity index (χ4v) is 10.5. The van der Waals surface area contributed by atoms with Gasteiger partial charge in [-0.1, -0.05) is 18.2 Å². The molecule has 5 aromatic carbocycles. The standard InChI is InChI=1S/C67H88N22O14/c1-100-51-21-17-36(82-59(94)45(68)12-7-25-77-64(69)70)30-41(51)55(90)86-47(14-8-26-78-65(71)72)60(95)83-37-18-22-52(101-2)42(31-37)56(91)87-48(15-9-27-79-66(73)74)61(96)84-38-19-23-53(102-3)43(32-38)57(92)88-49(16-10-28-80-67(75)76)62(97)85-39-20-24-54(103-4)44(33-39)58(93)89-50(63(98)99)29-35-34-81-46-13-6-5-11-40(35)46/h5-6,11,13,17-24,30-34,45,47-50,81H,7-10,12,14-16,25-29,68H2,1-4H3,(H,82,94)(H,83,95)(H,84,96)(H,85,97)(H,86,90)(H,87,91)(H,88,92)(H,89,93)(H,98,99)(H4,69,70,77)(H4,71,72,78)(H4,73,74,79)(H4,75,76,80)/t45-,47-,48-,49-,50-/m1/s1. The molecule has 0 fully saturated rings. The fourth-order valence-electron chi connectivity index (χ4n) is 10.5. The molecule has 6 rings (SSSR count). The molecule has 6 aromatic rings. The van der Waals surface area contributed by atoms with Crippen molar-refractivity contribution in [1.29, 1.82) is 21.6 Å². The van der Waals surface area contributed by atoms with Gasteiger partial charge in [-0.15, -0.1) is 0 Å². The zero-order valence-electron chi connectivity index (χ0n) is 57.0. The van der Waals surface area contributed by atoms with Crippen LogP contribution in [-0.4, -0.2) is 172 Å². The number of benzene rings is 5. The van der Waals surface area contributed by atoms with E-state index in [1.165, 1.54) is 101 Å². The molecule has 0 radical (unpaired) electrons. The lowest BCUT2D eigenvalue weighted by Gasteiger charge is -2.22. The number of guanidine groups is 4. The van der Waals surface area contributed by atoms with E-state index < -0.39 is 83.4 Å². The Bertz CT molecular complexity index is 4090. The average molecular weight is 1430 g/mol. The first-order valence-corrected chi connectivity index (χ1v) is 32.3. The Morgan fingerprint density at radius 2 is 0.728 bits per heavy atom. The van der Waals surface area contributed by atoms with E-state index in [0.29, 0.717) is 18.5 Å². The molecule has 0 saturated heterocycles. The molecule has 28 N–H and O–H groups in total. The molecule has 0 aliphatic heterocycles. The number of carbonyl (C=O) groups excluding carboxylic acids is 8. The van der Waals surface area contributed by atoms with Gasteiger partial charge in [-0.2, -0.15) is 0 Å². The highest BCUT2D eigenvalue weighted by Crippen LogP contribution is 2.29. The van der Waals surface area contributed by atoms with Gasteiger partial charge in [-0.05, 0) is 136 Å². The molecule has 36 heteroatoms. The number of para-hydroxylation sites is 1. The van der Waals surface area contributed by atoms with Gasteiger partial charge < -0.3 is 122 Å². The summed E-state index contributed by atoms with van der Waals surface area (Å²) in [6, 6.07) is 17.4. The normalized spacial score (nSPS) is 12.2.